The Morgan fingerprint density at radius 2 is 1.97 bits per heavy atom. The first-order valence-corrected chi connectivity index (χ1v) is 12.4. The number of benzene rings is 1. The summed E-state index contributed by atoms with van der Waals surface area (Å²) in [6.07, 6.45) is 6.50. The van der Waals surface area contributed by atoms with Crippen LogP contribution in [-0.2, 0) is 9.59 Å². The molecule has 0 saturated carbocycles. The number of amides is 2. The van der Waals surface area contributed by atoms with E-state index in [9.17, 15) is 19.8 Å². The zero-order valence-corrected chi connectivity index (χ0v) is 20.3. The number of β-amino-alcohol motifs (C(OH)–C–C–N with tert-alkyl or cyclic N) is 1. The molecule has 2 aliphatic rings. The Morgan fingerprint density at radius 3 is 2.73 bits per heavy atom. The molecule has 182 valence electrons. The summed E-state index contributed by atoms with van der Waals surface area (Å²) in [6.45, 7) is 3.23. The lowest BCUT2D eigenvalue weighted by atomic mass is 10.0. The second-order valence-corrected chi connectivity index (χ2v) is 9.55. The number of carbonyl (C=O) groups excluding carboxylic acids is 2. The number of aliphatic hydroxyl groups is 2. The van der Waals surface area contributed by atoms with Crippen LogP contribution in [0.5, 0.6) is 0 Å². The number of halogens is 2. The van der Waals surface area contributed by atoms with Crippen LogP contribution in [0.4, 0.5) is 0 Å². The molecule has 2 fully saturated rings. The molecule has 0 spiro atoms. The second-order valence-electron chi connectivity index (χ2n) is 8.73. The van der Waals surface area contributed by atoms with Gasteiger partial charge in [0, 0.05) is 51.3 Å². The Kier molecular flexibility index (Phi) is 10.0. The molecular formula is C24H33Cl2N3O4. The number of carbonyl (C=O) groups is 2. The minimum Gasteiger partial charge on any atom is -0.395 e. The highest BCUT2D eigenvalue weighted by atomic mass is 35.5. The normalized spacial score (nSPS) is 21.5. The molecule has 2 heterocycles. The summed E-state index contributed by atoms with van der Waals surface area (Å²) in [4.78, 5) is 30.7. The van der Waals surface area contributed by atoms with Gasteiger partial charge in [-0.1, -0.05) is 35.7 Å². The first kappa shape index (κ1) is 26.0. The van der Waals surface area contributed by atoms with Crippen molar-refractivity contribution in [1.29, 1.82) is 0 Å². The summed E-state index contributed by atoms with van der Waals surface area (Å²) in [6, 6.07) is 5.27. The maximum absolute atomic E-state index is 12.6. The van der Waals surface area contributed by atoms with Crippen molar-refractivity contribution < 1.29 is 19.8 Å². The highest BCUT2D eigenvalue weighted by Gasteiger charge is 2.26. The van der Waals surface area contributed by atoms with E-state index in [0.29, 0.717) is 49.2 Å². The van der Waals surface area contributed by atoms with Gasteiger partial charge in [-0.15, -0.1) is 0 Å². The number of rotatable bonds is 8. The summed E-state index contributed by atoms with van der Waals surface area (Å²) in [5.74, 6) is -0.159. The number of nitrogens with zero attached hydrogens (tertiary/aromatic N) is 3. The smallest absolute Gasteiger partial charge is 0.246 e. The number of aliphatic hydroxyl groups excluding tert-OH is 2. The van der Waals surface area contributed by atoms with Crippen LogP contribution in [0.1, 0.15) is 37.7 Å². The highest BCUT2D eigenvalue weighted by molar-refractivity contribution is 6.42. The number of hydrogen-bond donors (Lipinski definition) is 2. The molecule has 2 atom stereocenters. The number of piperidine rings is 1. The molecule has 2 aliphatic heterocycles. The van der Waals surface area contributed by atoms with Gasteiger partial charge in [-0.3, -0.25) is 14.5 Å². The van der Waals surface area contributed by atoms with Crippen molar-refractivity contribution in [2.45, 2.75) is 44.2 Å². The Hall–Kier alpha value is -1.64. The summed E-state index contributed by atoms with van der Waals surface area (Å²) in [7, 11) is 0. The quantitative estimate of drug-likeness (QED) is 0.539. The Bertz CT molecular complexity index is 851. The third kappa shape index (κ3) is 7.69. The minimum atomic E-state index is -0.555. The van der Waals surface area contributed by atoms with Crippen molar-refractivity contribution >= 4 is 41.1 Å². The maximum atomic E-state index is 12.6. The predicted octanol–water partition coefficient (Wildman–Crippen LogP) is 2.67. The molecular weight excluding hydrogens is 465 g/mol. The van der Waals surface area contributed by atoms with Gasteiger partial charge in [-0.2, -0.15) is 0 Å². The van der Waals surface area contributed by atoms with Crippen LogP contribution in [-0.4, -0.2) is 94.7 Å². The molecule has 3 rings (SSSR count). The molecule has 33 heavy (non-hydrogen) atoms. The summed E-state index contributed by atoms with van der Waals surface area (Å²) < 4.78 is 0. The van der Waals surface area contributed by atoms with Crippen molar-refractivity contribution in [2.75, 3.05) is 45.9 Å². The Morgan fingerprint density at radius 1 is 1.15 bits per heavy atom. The first-order valence-electron chi connectivity index (χ1n) is 11.6. The standard InChI is InChI=1S/C24H33Cl2N3O4/c25-21-6-4-18(15-22(21)26)5-7-23(32)28-12-9-24(33)27(13-14-28)11-8-20(31)16-29-10-2-1-3-19(29)17-30/h4-7,15,19-20,30-31H,1-3,8-14,16-17H2. The van der Waals surface area contributed by atoms with Crippen LogP contribution in [0.2, 0.25) is 10.0 Å². The first-order chi connectivity index (χ1) is 15.9. The molecule has 0 bridgehead atoms. The lowest BCUT2D eigenvalue weighted by molar-refractivity contribution is -0.130. The van der Waals surface area contributed by atoms with Crippen molar-refractivity contribution in [2.24, 2.45) is 0 Å². The van der Waals surface area contributed by atoms with Gasteiger partial charge in [0.15, 0.2) is 0 Å². The van der Waals surface area contributed by atoms with E-state index in [1.807, 2.05) is 0 Å². The van der Waals surface area contributed by atoms with Crippen molar-refractivity contribution in [3.8, 4) is 0 Å². The lowest BCUT2D eigenvalue weighted by Crippen LogP contribution is -2.46. The molecule has 2 unspecified atom stereocenters. The number of hydrogen-bond acceptors (Lipinski definition) is 5. The largest absolute Gasteiger partial charge is 0.395 e. The SMILES string of the molecule is O=C(C=Cc1ccc(Cl)c(Cl)c1)N1CCC(=O)N(CCC(O)CN2CCCCC2CO)CC1. The third-order valence-electron chi connectivity index (χ3n) is 6.40. The van der Waals surface area contributed by atoms with E-state index >= 15 is 0 Å². The van der Waals surface area contributed by atoms with Gasteiger partial charge in [-0.25, -0.2) is 0 Å². The molecule has 9 heteroatoms. The molecule has 2 amide bonds. The Balaban J connectivity index is 1.47. The van der Waals surface area contributed by atoms with Crippen LogP contribution < -0.4 is 0 Å². The molecule has 0 aromatic heterocycles. The summed E-state index contributed by atoms with van der Waals surface area (Å²) in [5.41, 5.74) is 0.774. The average Bonchev–Trinajstić information content (AvgIpc) is 3.00. The van der Waals surface area contributed by atoms with Gasteiger partial charge < -0.3 is 20.0 Å². The third-order valence-corrected chi connectivity index (χ3v) is 7.14. The van der Waals surface area contributed by atoms with Crippen LogP contribution in [0.25, 0.3) is 6.08 Å². The van der Waals surface area contributed by atoms with Crippen LogP contribution in [0.15, 0.2) is 24.3 Å². The van der Waals surface area contributed by atoms with Gasteiger partial charge in [0.2, 0.25) is 11.8 Å². The zero-order chi connectivity index (χ0) is 23.8. The molecule has 7 nitrogen and oxygen atoms in total. The van der Waals surface area contributed by atoms with Crippen molar-refractivity contribution in [1.82, 2.24) is 14.7 Å². The van der Waals surface area contributed by atoms with Gasteiger partial charge in [0.05, 0.1) is 22.8 Å². The van der Waals surface area contributed by atoms with Gasteiger partial charge in [0.1, 0.15) is 0 Å². The van der Waals surface area contributed by atoms with Crippen LogP contribution in [0, 0.1) is 0 Å². The molecule has 1 aromatic carbocycles. The maximum Gasteiger partial charge on any atom is 0.246 e. The van der Waals surface area contributed by atoms with Crippen LogP contribution >= 0.6 is 23.2 Å². The molecule has 0 radical (unpaired) electrons. The van der Waals surface area contributed by atoms with E-state index < -0.39 is 6.10 Å². The van der Waals surface area contributed by atoms with E-state index in [1.165, 1.54) is 6.08 Å². The average molecular weight is 498 g/mol. The topological polar surface area (TPSA) is 84.3 Å². The fourth-order valence-corrected chi connectivity index (χ4v) is 4.69. The van der Waals surface area contributed by atoms with E-state index in [4.69, 9.17) is 23.2 Å². The fourth-order valence-electron chi connectivity index (χ4n) is 4.39. The van der Waals surface area contributed by atoms with Gasteiger partial charge in [0.25, 0.3) is 0 Å². The molecule has 0 aliphatic carbocycles. The molecule has 2 N–H and O–H groups in total. The molecule has 1 aromatic rings. The monoisotopic (exact) mass is 497 g/mol. The Labute approximate surface area is 205 Å². The summed E-state index contributed by atoms with van der Waals surface area (Å²) >= 11 is 11.9. The summed E-state index contributed by atoms with van der Waals surface area (Å²) in [5, 5.41) is 20.9. The zero-order valence-electron chi connectivity index (χ0n) is 18.8. The van der Waals surface area contributed by atoms with E-state index in [1.54, 1.807) is 34.1 Å². The highest BCUT2D eigenvalue weighted by Crippen LogP contribution is 2.23. The van der Waals surface area contributed by atoms with Gasteiger partial charge in [-0.05, 0) is 49.6 Å². The minimum absolute atomic E-state index is 0.00262. The van der Waals surface area contributed by atoms with Gasteiger partial charge >= 0.3 is 0 Å². The second kappa shape index (κ2) is 12.7. The van der Waals surface area contributed by atoms with E-state index in [2.05, 4.69) is 4.90 Å². The van der Waals surface area contributed by atoms with Crippen molar-refractivity contribution in [3.05, 3.63) is 39.9 Å². The fraction of sp³-hybridized carbons (Fsp3) is 0.583. The molecule has 2 saturated heterocycles. The predicted molar refractivity (Wildman–Crippen MR) is 130 cm³/mol. The van der Waals surface area contributed by atoms with Crippen molar-refractivity contribution in [3.63, 3.8) is 0 Å². The number of likely N-dealkylation sites (tertiary alicyclic amines) is 1. The van der Waals surface area contributed by atoms with Crippen LogP contribution in [0.3, 0.4) is 0 Å². The van der Waals surface area contributed by atoms with E-state index in [-0.39, 0.29) is 30.9 Å². The lowest BCUT2D eigenvalue weighted by Gasteiger charge is -2.36. The van der Waals surface area contributed by atoms with E-state index in [0.717, 1.165) is 31.4 Å².